The minimum Gasteiger partial charge on any atom is -0.497 e. The highest BCUT2D eigenvalue weighted by molar-refractivity contribution is 6.30. The highest BCUT2D eigenvalue weighted by atomic mass is 35.5. The molecule has 2 rings (SSSR count). The van der Waals surface area contributed by atoms with Crippen molar-refractivity contribution in [1.29, 1.82) is 0 Å². The van der Waals surface area contributed by atoms with E-state index in [9.17, 15) is 4.79 Å². The van der Waals surface area contributed by atoms with Gasteiger partial charge in [-0.1, -0.05) is 30.7 Å². The number of benzene rings is 1. The van der Waals surface area contributed by atoms with Gasteiger partial charge in [0.15, 0.2) is 0 Å². The van der Waals surface area contributed by atoms with Crippen molar-refractivity contribution in [2.24, 2.45) is 0 Å². The van der Waals surface area contributed by atoms with Crippen LogP contribution in [0.15, 0.2) is 35.6 Å². The van der Waals surface area contributed by atoms with Gasteiger partial charge in [-0.2, -0.15) is 0 Å². The molecule has 3 nitrogen and oxygen atoms in total. The SMILES string of the molecule is CCOC(=O)/C(CC)=C1/OCCC1c1ccc(Cl)cc1. The fraction of sp³-hybridized carbons (Fsp3) is 0.438. The third kappa shape index (κ3) is 3.15. The second kappa shape index (κ2) is 6.80. The van der Waals surface area contributed by atoms with Crippen molar-refractivity contribution in [1.82, 2.24) is 0 Å². The second-order valence-electron chi connectivity index (χ2n) is 4.66. The van der Waals surface area contributed by atoms with Crippen LogP contribution < -0.4 is 0 Å². The molecular formula is C16H19ClO3. The summed E-state index contributed by atoms with van der Waals surface area (Å²) >= 11 is 5.92. The van der Waals surface area contributed by atoms with E-state index in [4.69, 9.17) is 21.1 Å². The van der Waals surface area contributed by atoms with E-state index in [0.717, 1.165) is 17.7 Å². The van der Waals surface area contributed by atoms with Crippen molar-refractivity contribution in [2.75, 3.05) is 13.2 Å². The third-order valence-electron chi connectivity index (χ3n) is 3.43. The molecule has 1 aromatic rings. The van der Waals surface area contributed by atoms with Crippen molar-refractivity contribution in [3.63, 3.8) is 0 Å². The van der Waals surface area contributed by atoms with E-state index >= 15 is 0 Å². The summed E-state index contributed by atoms with van der Waals surface area (Å²) in [5.41, 5.74) is 1.77. The van der Waals surface area contributed by atoms with Gasteiger partial charge in [0.1, 0.15) is 5.76 Å². The maximum Gasteiger partial charge on any atom is 0.337 e. The molecule has 0 bridgehead atoms. The highest BCUT2D eigenvalue weighted by Crippen LogP contribution is 2.37. The van der Waals surface area contributed by atoms with Crippen LogP contribution in [0.1, 0.15) is 38.2 Å². The van der Waals surface area contributed by atoms with Crippen molar-refractivity contribution in [2.45, 2.75) is 32.6 Å². The highest BCUT2D eigenvalue weighted by Gasteiger charge is 2.30. The monoisotopic (exact) mass is 294 g/mol. The Labute approximate surface area is 124 Å². The van der Waals surface area contributed by atoms with Crippen molar-refractivity contribution >= 4 is 17.6 Å². The molecule has 1 saturated heterocycles. The molecule has 0 saturated carbocycles. The van der Waals surface area contributed by atoms with E-state index in [1.54, 1.807) is 0 Å². The average molecular weight is 295 g/mol. The van der Waals surface area contributed by atoms with E-state index in [2.05, 4.69) is 0 Å². The summed E-state index contributed by atoms with van der Waals surface area (Å²) in [6.07, 6.45) is 1.48. The average Bonchev–Trinajstić information content (AvgIpc) is 2.90. The van der Waals surface area contributed by atoms with Gasteiger partial charge in [0.2, 0.25) is 0 Å². The number of hydrogen-bond donors (Lipinski definition) is 0. The number of carbonyl (C=O) groups excluding carboxylic acids is 1. The van der Waals surface area contributed by atoms with Gasteiger partial charge in [-0.15, -0.1) is 0 Å². The fourth-order valence-corrected chi connectivity index (χ4v) is 2.59. The number of halogens is 1. The van der Waals surface area contributed by atoms with E-state index in [0.29, 0.717) is 30.2 Å². The first-order valence-corrected chi connectivity index (χ1v) is 7.33. The van der Waals surface area contributed by atoms with Crippen LogP contribution in [0.2, 0.25) is 5.02 Å². The Balaban J connectivity index is 2.33. The summed E-state index contributed by atoms with van der Waals surface area (Å²) in [5, 5.41) is 0.708. The van der Waals surface area contributed by atoms with Crippen LogP contribution in [0, 0.1) is 0 Å². The molecule has 1 aromatic carbocycles. The molecule has 1 aliphatic rings. The lowest BCUT2D eigenvalue weighted by Gasteiger charge is -2.15. The Hall–Kier alpha value is -1.48. The van der Waals surface area contributed by atoms with Gasteiger partial charge in [-0.3, -0.25) is 0 Å². The minimum atomic E-state index is -0.272. The number of ether oxygens (including phenoxy) is 2. The van der Waals surface area contributed by atoms with Crippen molar-refractivity contribution in [3.8, 4) is 0 Å². The van der Waals surface area contributed by atoms with Gasteiger partial charge in [-0.25, -0.2) is 4.79 Å². The van der Waals surface area contributed by atoms with Gasteiger partial charge in [-0.05, 0) is 37.5 Å². The number of hydrogen-bond acceptors (Lipinski definition) is 3. The Morgan fingerprint density at radius 1 is 1.35 bits per heavy atom. The van der Waals surface area contributed by atoms with Gasteiger partial charge in [0, 0.05) is 10.9 Å². The zero-order valence-corrected chi connectivity index (χ0v) is 12.6. The van der Waals surface area contributed by atoms with Crippen LogP contribution >= 0.6 is 11.6 Å². The van der Waals surface area contributed by atoms with Crippen LogP contribution in [-0.2, 0) is 14.3 Å². The van der Waals surface area contributed by atoms with Crippen LogP contribution in [0.4, 0.5) is 0 Å². The van der Waals surface area contributed by atoms with Gasteiger partial charge >= 0.3 is 5.97 Å². The van der Waals surface area contributed by atoms with E-state index < -0.39 is 0 Å². The molecule has 108 valence electrons. The predicted octanol–water partition coefficient (Wildman–Crippen LogP) is 4.07. The predicted molar refractivity (Wildman–Crippen MR) is 78.7 cm³/mol. The molecule has 1 heterocycles. The molecule has 4 heteroatoms. The number of esters is 1. The molecular weight excluding hydrogens is 276 g/mol. The molecule has 0 N–H and O–H groups in total. The standard InChI is InChI=1S/C16H19ClO3/c1-3-13(16(18)19-4-2)15-14(9-10-20-15)11-5-7-12(17)8-6-11/h5-8,14H,3-4,9-10H2,1-2H3/b15-13+. The summed E-state index contributed by atoms with van der Waals surface area (Å²) in [4.78, 5) is 12.0. The summed E-state index contributed by atoms with van der Waals surface area (Å²) in [6, 6.07) is 7.70. The summed E-state index contributed by atoms with van der Waals surface area (Å²) < 4.78 is 10.8. The Morgan fingerprint density at radius 3 is 2.65 bits per heavy atom. The number of carbonyl (C=O) groups is 1. The first kappa shape index (κ1) is 14.9. The van der Waals surface area contributed by atoms with Crippen LogP contribution in [-0.4, -0.2) is 19.2 Å². The van der Waals surface area contributed by atoms with E-state index in [1.165, 1.54) is 0 Å². The number of rotatable bonds is 4. The smallest absolute Gasteiger partial charge is 0.337 e. The van der Waals surface area contributed by atoms with Crippen molar-refractivity contribution < 1.29 is 14.3 Å². The first-order valence-electron chi connectivity index (χ1n) is 6.95. The maximum absolute atomic E-state index is 12.0. The normalized spacial score (nSPS) is 20.4. The topological polar surface area (TPSA) is 35.5 Å². The maximum atomic E-state index is 12.0. The van der Waals surface area contributed by atoms with Crippen LogP contribution in [0.25, 0.3) is 0 Å². The van der Waals surface area contributed by atoms with Crippen molar-refractivity contribution in [3.05, 3.63) is 46.2 Å². The largest absolute Gasteiger partial charge is 0.497 e. The van der Waals surface area contributed by atoms with Crippen LogP contribution in [0.5, 0.6) is 0 Å². The number of allylic oxidation sites excluding steroid dienone is 1. The Kier molecular flexibility index (Phi) is 5.07. The van der Waals surface area contributed by atoms with E-state index in [1.807, 2.05) is 38.1 Å². The zero-order chi connectivity index (χ0) is 14.5. The first-order chi connectivity index (χ1) is 9.67. The summed E-state index contributed by atoms with van der Waals surface area (Å²) in [7, 11) is 0. The molecule has 1 unspecified atom stereocenters. The lowest BCUT2D eigenvalue weighted by atomic mass is 9.93. The lowest BCUT2D eigenvalue weighted by molar-refractivity contribution is -0.138. The summed E-state index contributed by atoms with van der Waals surface area (Å²) in [6.45, 7) is 4.76. The third-order valence-corrected chi connectivity index (χ3v) is 3.68. The minimum absolute atomic E-state index is 0.117. The van der Waals surface area contributed by atoms with Crippen LogP contribution in [0.3, 0.4) is 0 Å². The Bertz CT molecular complexity index is 505. The lowest BCUT2D eigenvalue weighted by Crippen LogP contribution is -2.12. The molecule has 0 aromatic heterocycles. The zero-order valence-electron chi connectivity index (χ0n) is 11.8. The molecule has 0 radical (unpaired) electrons. The molecule has 0 aliphatic carbocycles. The van der Waals surface area contributed by atoms with E-state index in [-0.39, 0.29) is 11.9 Å². The molecule has 0 spiro atoms. The quantitative estimate of drug-likeness (QED) is 0.620. The Morgan fingerprint density at radius 2 is 2.05 bits per heavy atom. The molecule has 1 atom stereocenters. The second-order valence-corrected chi connectivity index (χ2v) is 5.09. The summed E-state index contributed by atoms with van der Waals surface area (Å²) in [5.74, 6) is 0.603. The van der Waals surface area contributed by atoms with Gasteiger partial charge in [0.25, 0.3) is 0 Å². The molecule has 1 aliphatic heterocycles. The van der Waals surface area contributed by atoms with Gasteiger partial charge < -0.3 is 9.47 Å². The molecule has 20 heavy (non-hydrogen) atoms. The molecule has 0 amide bonds. The molecule has 1 fully saturated rings. The van der Waals surface area contributed by atoms with Gasteiger partial charge in [0.05, 0.1) is 18.8 Å². The fourth-order valence-electron chi connectivity index (χ4n) is 2.47.